The van der Waals surface area contributed by atoms with E-state index < -0.39 is 5.97 Å². The number of hydrogen-bond acceptors (Lipinski definition) is 4. The van der Waals surface area contributed by atoms with Crippen LogP contribution in [0, 0.1) is 0 Å². The first kappa shape index (κ1) is 11.5. The van der Waals surface area contributed by atoms with Crippen LogP contribution in [0.25, 0.3) is 0 Å². The Bertz CT molecular complexity index is 210. The summed E-state index contributed by atoms with van der Waals surface area (Å²) in [4.78, 5) is 9.97. The monoisotopic (exact) mass is 196 g/mol. The van der Waals surface area contributed by atoms with Crippen molar-refractivity contribution in [2.24, 2.45) is 0 Å². The molecule has 11 heavy (non-hydrogen) atoms. The van der Waals surface area contributed by atoms with Gasteiger partial charge in [-0.25, -0.2) is 0 Å². The third-order valence-corrected chi connectivity index (χ3v) is 2.93. The number of carbonyl (C=O) groups is 1. The fraction of sp³-hybridized carbons (Fsp3) is 0.167. The zero-order chi connectivity index (χ0) is 7.40. The summed E-state index contributed by atoms with van der Waals surface area (Å²) in [5, 5.41) is 11.9. The van der Waals surface area contributed by atoms with Gasteiger partial charge in [0.25, 0.3) is 0 Å². The van der Waals surface area contributed by atoms with Crippen molar-refractivity contribution in [1.29, 1.82) is 0 Å². The normalized spacial score (nSPS) is 8.73. The van der Waals surface area contributed by atoms with Crippen LogP contribution in [0.4, 0.5) is 0 Å². The third-order valence-electron chi connectivity index (χ3n) is 0.827. The molecule has 0 saturated carbocycles. The molecule has 0 spiro atoms. The number of carboxylic acid groups (broad SMARTS) is 1. The van der Waals surface area contributed by atoms with Gasteiger partial charge < -0.3 is 9.90 Å². The third kappa shape index (κ3) is 4.87. The Morgan fingerprint density at radius 1 is 1.73 bits per heavy atom. The maximum absolute atomic E-state index is 9.97. The predicted molar refractivity (Wildman–Crippen MR) is 40.1 cm³/mol. The van der Waals surface area contributed by atoms with E-state index in [0.717, 1.165) is 4.21 Å². The van der Waals surface area contributed by atoms with Crippen molar-refractivity contribution < 1.29 is 39.5 Å². The fourth-order valence-corrected chi connectivity index (χ4v) is 1.97. The Hall–Kier alpha value is 0.520. The number of carbonyl (C=O) groups excluding carboxylic acids is 1. The molecule has 2 nitrogen and oxygen atoms in total. The average Bonchev–Trinajstić information content (AvgIpc) is 2.34. The molecule has 1 heterocycles. The number of hydrogen-bond donors (Lipinski definition) is 0. The van der Waals surface area contributed by atoms with Gasteiger partial charge in [-0.3, -0.25) is 0 Å². The van der Waals surface area contributed by atoms with Gasteiger partial charge in [0.05, 0.1) is 10.2 Å². The molecule has 0 aliphatic heterocycles. The Morgan fingerprint density at radius 3 is 2.91 bits per heavy atom. The zero-order valence-corrected chi connectivity index (χ0v) is 9.71. The van der Waals surface area contributed by atoms with E-state index in [1.165, 1.54) is 23.1 Å². The second-order valence-electron chi connectivity index (χ2n) is 1.59. The quantitative estimate of drug-likeness (QED) is 0.399. The summed E-state index contributed by atoms with van der Waals surface area (Å²) >= 11 is 2.83. The summed E-state index contributed by atoms with van der Waals surface area (Å²) in [7, 11) is 0. The molecule has 0 amide bonds. The first-order valence-corrected chi connectivity index (χ1v) is 4.52. The molecule has 0 aromatic carbocycles. The van der Waals surface area contributed by atoms with Gasteiger partial charge in [-0.1, -0.05) is 6.07 Å². The molecule has 0 unspecified atom stereocenters. The molecule has 1 aromatic rings. The molecule has 0 saturated heterocycles. The standard InChI is InChI=1S/C6H6O2S2.Na/c7-5(8)4-10-6-2-1-3-9-6;/h1-3H,4H2,(H,7,8);/q;+1/p-1. The molecule has 0 bridgehead atoms. The first-order chi connectivity index (χ1) is 4.79. The van der Waals surface area contributed by atoms with Crippen molar-refractivity contribution >= 4 is 29.1 Å². The molecule has 0 N–H and O–H groups in total. The van der Waals surface area contributed by atoms with Crippen molar-refractivity contribution in [1.82, 2.24) is 0 Å². The Balaban J connectivity index is 0.000001000. The van der Waals surface area contributed by atoms with Crippen LogP contribution in [0.3, 0.4) is 0 Å². The summed E-state index contributed by atoms with van der Waals surface area (Å²) < 4.78 is 1.02. The van der Waals surface area contributed by atoms with Gasteiger partial charge >= 0.3 is 29.6 Å². The van der Waals surface area contributed by atoms with Crippen molar-refractivity contribution in [2.75, 3.05) is 5.75 Å². The number of thioether (sulfide) groups is 1. The molecule has 0 aliphatic carbocycles. The Morgan fingerprint density at radius 2 is 2.45 bits per heavy atom. The molecule has 0 fully saturated rings. The smallest absolute Gasteiger partial charge is 0.549 e. The minimum absolute atomic E-state index is 0. The molecule has 54 valence electrons. The molecule has 5 heteroatoms. The van der Waals surface area contributed by atoms with E-state index in [-0.39, 0.29) is 35.3 Å². The van der Waals surface area contributed by atoms with Crippen LogP contribution >= 0.6 is 23.1 Å². The molecule has 1 aromatic heterocycles. The van der Waals surface area contributed by atoms with Crippen molar-refractivity contribution in [2.45, 2.75) is 4.21 Å². The molecule has 0 radical (unpaired) electrons. The van der Waals surface area contributed by atoms with Gasteiger partial charge in [-0.05, 0) is 11.4 Å². The van der Waals surface area contributed by atoms with Crippen LogP contribution in [0.15, 0.2) is 21.7 Å². The summed E-state index contributed by atoms with van der Waals surface area (Å²) in [6.45, 7) is 0. The van der Waals surface area contributed by atoms with Crippen LogP contribution in [0.1, 0.15) is 0 Å². The first-order valence-electron chi connectivity index (χ1n) is 2.65. The molecular weight excluding hydrogens is 191 g/mol. The number of carboxylic acids is 1. The summed E-state index contributed by atoms with van der Waals surface area (Å²) in [6, 6.07) is 3.78. The fourth-order valence-electron chi connectivity index (χ4n) is 0.476. The second-order valence-corrected chi connectivity index (χ2v) is 3.82. The topological polar surface area (TPSA) is 40.1 Å². The van der Waals surface area contributed by atoms with Crippen LogP contribution in [-0.2, 0) is 4.79 Å². The maximum Gasteiger partial charge on any atom is 1.00 e. The van der Waals surface area contributed by atoms with E-state index in [4.69, 9.17) is 0 Å². The average molecular weight is 196 g/mol. The predicted octanol–water partition coefficient (Wildman–Crippen LogP) is -2.41. The maximum atomic E-state index is 9.97. The van der Waals surface area contributed by atoms with E-state index >= 15 is 0 Å². The summed E-state index contributed by atoms with van der Waals surface area (Å²) in [5.41, 5.74) is 0. The Kier molecular flexibility index (Phi) is 6.37. The minimum Gasteiger partial charge on any atom is -0.549 e. The van der Waals surface area contributed by atoms with E-state index in [0.29, 0.717) is 0 Å². The molecule has 0 aliphatic rings. The van der Waals surface area contributed by atoms with E-state index in [1.54, 1.807) is 0 Å². The van der Waals surface area contributed by atoms with E-state index in [2.05, 4.69) is 0 Å². The van der Waals surface area contributed by atoms with Crippen molar-refractivity contribution in [3.8, 4) is 0 Å². The van der Waals surface area contributed by atoms with Gasteiger partial charge in [0.1, 0.15) is 0 Å². The van der Waals surface area contributed by atoms with Gasteiger partial charge in [0.2, 0.25) is 0 Å². The van der Waals surface area contributed by atoms with E-state index in [1.807, 2.05) is 17.5 Å². The summed E-state index contributed by atoms with van der Waals surface area (Å²) in [6.07, 6.45) is 0. The largest absolute Gasteiger partial charge is 1.00 e. The minimum atomic E-state index is -1.02. The van der Waals surface area contributed by atoms with Gasteiger partial charge in [0, 0.05) is 5.75 Å². The van der Waals surface area contributed by atoms with Gasteiger partial charge in [-0.2, -0.15) is 0 Å². The zero-order valence-electron chi connectivity index (χ0n) is 6.07. The van der Waals surface area contributed by atoms with Crippen LogP contribution < -0.4 is 34.7 Å². The van der Waals surface area contributed by atoms with Crippen LogP contribution in [0.2, 0.25) is 0 Å². The number of thiophene rings is 1. The summed E-state index contributed by atoms with van der Waals surface area (Å²) in [5.74, 6) is -0.973. The van der Waals surface area contributed by atoms with Gasteiger partial charge in [-0.15, -0.1) is 23.1 Å². The van der Waals surface area contributed by atoms with Gasteiger partial charge in [0.15, 0.2) is 0 Å². The number of rotatable bonds is 3. The van der Waals surface area contributed by atoms with E-state index in [9.17, 15) is 9.90 Å². The van der Waals surface area contributed by atoms with Crippen molar-refractivity contribution in [3.63, 3.8) is 0 Å². The second kappa shape index (κ2) is 6.08. The molecule has 0 atom stereocenters. The van der Waals surface area contributed by atoms with Crippen molar-refractivity contribution in [3.05, 3.63) is 17.5 Å². The molecular formula is C6H5NaO2S2. The number of aliphatic carboxylic acids is 1. The Labute approximate surface area is 95.3 Å². The van der Waals surface area contributed by atoms with Crippen LogP contribution in [-0.4, -0.2) is 11.7 Å². The SMILES string of the molecule is O=C([O-])CSc1cccs1.[Na+]. The van der Waals surface area contributed by atoms with Crippen LogP contribution in [0.5, 0.6) is 0 Å². The molecule has 1 rings (SSSR count).